The fourth-order valence-corrected chi connectivity index (χ4v) is 2.60. The van der Waals surface area contributed by atoms with Gasteiger partial charge in [0.1, 0.15) is 0 Å². The van der Waals surface area contributed by atoms with Crippen LogP contribution in [0.3, 0.4) is 0 Å². The molecule has 1 fully saturated rings. The van der Waals surface area contributed by atoms with Gasteiger partial charge in [0, 0.05) is 5.56 Å². The van der Waals surface area contributed by atoms with Gasteiger partial charge in [0.05, 0.1) is 5.60 Å². The van der Waals surface area contributed by atoms with E-state index < -0.39 is 5.60 Å². The van der Waals surface area contributed by atoms with Gasteiger partial charge >= 0.3 is 0 Å². The number of rotatable bonds is 2. The Morgan fingerprint density at radius 2 is 1.81 bits per heavy atom. The minimum atomic E-state index is -0.777. The maximum atomic E-state index is 11.5. The SMILES string of the molecule is CC(=O)c1ccccc1C1(O)CCCCC1. The number of hydrogen-bond acceptors (Lipinski definition) is 2. The monoisotopic (exact) mass is 218 g/mol. The normalized spacial score (nSPS) is 19.4. The van der Waals surface area contributed by atoms with Crippen molar-refractivity contribution in [3.63, 3.8) is 0 Å². The number of carbonyl (C=O) groups excluding carboxylic acids is 1. The highest BCUT2D eigenvalue weighted by Crippen LogP contribution is 2.38. The zero-order valence-electron chi connectivity index (χ0n) is 9.70. The average molecular weight is 218 g/mol. The predicted octanol–water partition coefficient (Wildman–Crippen LogP) is 3.04. The summed E-state index contributed by atoms with van der Waals surface area (Å²) in [5.41, 5.74) is 0.717. The van der Waals surface area contributed by atoms with Gasteiger partial charge < -0.3 is 5.11 Å². The lowest BCUT2D eigenvalue weighted by Gasteiger charge is -2.33. The van der Waals surface area contributed by atoms with Gasteiger partial charge in [-0.1, -0.05) is 43.5 Å². The molecule has 0 aromatic heterocycles. The zero-order valence-corrected chi connectivity index (χ0v) is 9.70. The van der Waals surface area contributed by atoms with Crippen LogP contribution < -0.4 is 0 Å². The molecule has 0 heterocycles. The maximum Gasteiger partial charge on any atom is 0.160 e. The summed E-state index contributed by atoms with van der Waals surface area (Å²) >= 11 is 0. The van der Waals surface area contributed by atoms with E-state index in [-0.39, 0.29) is 5.78 Å². The van der Waals surface area contributed by atoms with E-state index in [1.54, 1.807) is 6.92 Å². The van der Waals surface area contributed by atoms with Crippen LogP contribution in [0.2, 0.25) is 0 Å². The molecule has 0 spiro atoms. The Bertz CT molecular complexity index is 389. The highest BCUT2D eigenvalue weighted by atomic mass is 16.3. The van der Waals surface area contributed by atoms with Crippen LogP contribution in [0.1, 0.15) is 54.9 Å². The minimum Gasteiger partial charge on any atom is -0.385 e. The Balaban J connectivity index is 2.42. The molecule has 0 radical (unpaired) electrons. The van der Waals surface area contributed by atoms with Gasteiger partial charge in [0.15, 0.2) is 5.78 Å². The van der Waals surface area contributed by atoms with E-state index >= 15 is 0 Å². The van der Waals surface area contributed by atoms with Gasteiger partial charge in [-0.25, -0.2) is 0 Å². The molecule has 0 bridgehead atoms. The van der Waals surface area contributed by atoms with Crippen molar-refractivity contribution < 1.29 is 9.90 Å². The van der Waals surface area contributed by atoms with Crippen LogP contribution in [-0.4, -0.2) is 10.9 Å². The van der Waals surface area contributed by atoms with Gasteiger partial charge in [0.2, 0.25) is 0 Å². The number of hydrogen-bond donors (Lipinski definition) is 1. The molecule has 86 valence electrons. The summed E-state index contributed by atoms with van der Waals surface area (Å²) in [4.78, 5) is 11.5. The first-order chi connectivity index (χ1) is 7.63. The summed E-state index contributed by atoms with van der Waals surface area (Å²) in [6.07, 6.45) is 4.82. The Morgan fingerprint density at radius 1 is 1.19 bits per heavy atom. The summed E-state index contributed by atoms with van der Waals surface area (Å²) in [7, 11) is 0. The first-order valence-electron chi connectivity index (χ1n) is 5.96. The molecule has 0 atom stereocenters. The van der Waals surface area contributed by atoms with Crippen LogP contribution in [0.15, 0.2) is 24.3 Å². The largest absolute Gasteiger partial charge is 0.385 e. The first kappa shape index (κ1) is 11.3. The molecule has 0 saturated heterocycles. The van der Waals surface area contributed by atoms with Gasteiger partial charge in [0.25, 0.3) is 0 Å². The first-order valence-corrected chi connectivity index (χ1v) is 5.96. The molecule has 16 heavy (non-hydrogen) atoms. The van der Waals surface area contributed by atoms with Crippen molar-refractivity contribution in [2.45, 2.75) is 44.6 Å². The van der Waals surface area contributed by atoms with Crippen molar-refractivity contribution in [3.05, 3.63) is 35.4 Å². The molecule has 0 amide bonds. The standard InChI is InChI=1S/C14H18O2/c1-11(15)12-7-3-4-8-13(12)14(16)9-5-2-6-10-14/h3-4,7-8,16H,2,5-6,9-10H2,1H3. The third-order valence-electron chi connectivity index (χ3n) is 3.49. The number of benzene rings is 1. The molecular weight excluding hydrogens is 200 g/mol. The van der Waals surface area contributed by atoms with E-state index in [4.69, 9.17) is 0 Å². The molecule has 0 aliphatic heterocycles. The third kappa shape index (κ3) is 2.03. The molecular formula is C14H18O2. The molecule has 2 nitrogen and oxygen atoms in total. The molecule has 1 aliphatic carbocycles. The summed E-state index contributed by atoms with van der Waals surface area (Å²) in [6, 6.07) is 7.45. The number of carbonyl (C=O) groups is 1. The second-order valence-electron chi connectivity index (χ2n) is 4.69. The second kappa shape index (κ2) is 4.38. The maximum absolute atomic E-state index is 11.5. The fourth-order valence-electron chi connectivity index (χ4n) is 2.60. The lowest BCUT2D eigenvalue weighted by molar-refractivity contribution is -0.00130. The summed E-state index contributed by atoms with van der Waals surface area (Å²) in [6.45, 7) is 1.56. The zero-order chi connectivity index (χ0) is 11.6. The smallest absolute Gasteiger partial charge is 0.160 e. The van der Waals surface area contributed by atoms with E-state index in [9.17, 15) is 9.90 Å². The van der Waals surface area contributed by atoms with E-state index in [1.165, 1.54) is 6.42 Å². The van der Waals surface area contributed by atoms with E-state index in [0.29, 0.717) is 5.56 Å². The molecule has 2 rings (SSSR count). The van der Waals surface area contributed by atoms with Gasteiger partial charge in [-0.15, -0.1) is 0 Å². The predicted molar refractivity (Wildman–Crippen MR) is 63.4 cm³/mol. The lowest BCUT2D eigenvalue weighted by Crippen LogP contribution is -2.30. The summed E-state index contributed by atoms with van der Waals surface area (Å²) in [5.74, 6) is 0.0367. The van der Waals surface area contributed by atoms with Crippen LogP contribution in [0.5, 0.6) is 0 Å². The van der Waals surface area contributed by atoms with Crippen molar-refractivity contribution in [2.24, 2.45) is 0 Å². The minimum absolute atomic E-state index is 0.0367. The van der Waals surface area contributed by atoms with Gasteiger partial charge in [-0.2, -0.15) is 0 Å². The number of aliphatic hydroxyl groups is 1. The van der Waals surface area contributed by atoms with Crippen LogP contribution in [0.4, 0.5) is 0 Å². The fraction of sp³-hybridized carbons (Fsp3) is 0.500. The molecule has 1 aromatic rings. The Kier molecular flexibility index (Phi) is 3.10. The van der Waals surface area contributed by atoms with E-state index in [2.05, 4.69) is 0 Å². The third-order valence-corrected chi connectivity index (χ3v) is 3.49. The molecule has 1 aliphatic rings. The van der Waals surface area contributed by atoms with Gasteiger partial charge in [-0.3, -0.25) is 4.79 Å². The van der Waals surface area contributed by atoms with Crippen LogP contribution in [-0.2, 0) is 5.60 Å². The average Bonchev–Trinajstić information content (AvgIpc) is 2.30. The summed E-state index contributed by atoms with van der Waals surface area (Å²) in [5, 5.41) is 10.6. The van der Waals surface area contributed by atoms with Crippen molar-refractivity contribution in [2.75, 3.05) is 0 Å². The van der Waals surface area contributed by atoms with E-state index in [0.717, 1.165) is 31.2 Å². The van der Waals surface area contributed by atoms with Crippen molar-refractivity contribution in [3.8, 4) is 0 Å². The molecule has 1 aromatic carbocycles. The topological polar surface area (TPSA) is 37.3 Å². The Hall–Kier alpha value is -1.15. The van der Waals surface area contributed by atoms with Crippen molar-refractivity contribution >= 4 is 5.78 Å². The molecule has 1 N–H and O–H groups in total. The Labute approximate surface area is 96.3 Å². The van der Waals surface area contributed by atoms with Crippen molar-refractivity contribution in [1.82, 2.24) is 0 Å². The van der Waals surface area contributed by atoms with Crippen LogP contribution >= 0.6 is 0 Å². The summed E-state index contributed by atoms with van der Waals surface area (Å²) < 4.78 is 0. The Morgan fingerprint density at radius 3 is 2.44 bits per heavy atom. The molecule has 1 saturated carbocycles. The van der Waals surface area contributed by atoms with Crippen molar-refractivity contribution in [1.29, 1.82) is 0 Å². The van der Waals surface area contributed by atoms with Crippen LogP contribution in [0.25, 0.3) is 0 Å². The molecule has 0 unspecified atom stereocenters. The van der Waals surface area contributed by atoms with Gasteiger partial charge in [-0.05, 0) is 25.3 Å². The highest BCUT2D eigenvalue weighted by Gasteiger charge is 2.33. The quantitative estimate of drug-likeness (QED) is 0.775. The molecule has 2 heteroatoms. The lowest BCUT2D eigenvalue weighted by atomic mass is 9.77. The number of Topliss-reactive ketones (excluding diaryl/α,β-unsaturated/α-hetero) is 1. The highest BCUT2D eigenvalue weighted by molar-refractivity contribution is 5.95. The number of ketones is 1. The van der Waals surface area contributed by atoms with Crippen LogP contribution in [0, 0.1) is 0 Å². The van der Waals surface area contributed by atoms with E-state index in [1.807, 2.05) is 24.3 Å². The second-order valence-corrected chi connectivity index (χ2v) is 4.69.